The second-order valence-electron chi connectivity index (χ2n) is 6.44. The van der Waals surface area contributed by atoms with Gasteiger partial charge in [-0.15, -0.1) is 0 Å². The molecule has 0 heterocycles. The van der Waals surface area contributed by atoms with Gasteiger partial charge in [-0.05, 0) is 37.5 Å². The molecule has 2 saturated carbocycles. The van der Waals surface area contributed by atoms with Gasteiger partial charge in [0.25, 0.3) is 0 Å². The Hall–Kier alpha value is -0.120. The highest BCUT2D eigenvalue weighted by molar-refractivity contribution is 4.91. The lowest BCUT2D eigenvalue weighted by atomic mass is 9.76. The van der Waals surface area contributed by atoms with E-state index in [0.29, 0.717) is 11.8 Å². The normalized spacial score (nSPS) is 28.8. The third kappa shape index (κ3) is 3.46. The molecule has 0 aromatic rings. The molecule has 0 aromatic carbocycles. The van der Waals surface area contributed by atoms with E-state index in [9.17, 15) is 5.11 Å². The van der Waals surface area contributed by atoms with Crippen LogP contribution >= 0.6 is 0 Å². The molecule has 2 aliphatic rings. The van der Waals surface area contributed by atoms with E-state index in [2.05, 4.69) is 0 Å². The summed E-state index contributed by atoms with van der Waals surface area (Å²) in [6, 6.07) is -0.218. The third-order valence-corrected chi connectivity index (χ3v) is 5.18. The van der Waals surface area contributed by atoms with Crippen LogP contribution in [0.4, 0.5) is 0 Å². The molecule has 2 rings (SSSR count). The average Bonchev–Trinajstić information content (AvgIpc) is 2.47. The fourth-order valence-electron chi connectivity index (χ4n) is 3.85. The van der Waals surface area contributed by atoms with Gasteiger partial charge < -0.3 is 16.6 Å². The maximum Gasteiger partial charge on any atom is 0.0847 e. The van der Waals surface area contributed by atoms with Crippen LogP contribution in [-0.4, -0.2) is 23.3 Å². The van der Waals surface area contributed by atoms with Gasteiger partial charge in [0.2, 0.25) is 0 Å². The highest BCUT2D eigenvalue weighted by Gasteiger charge is 2.34. The van der Waals surface area contributed by atoms with E-state index in [-0.39, 0.29) is 12.1 Å². The van der Waals surface area contributed by atoms with Crippen molar-refractivity contribution in [2.45, 2.75) is 82.4 Å². The zero-order valence-corrected chi connectivity index (χ0v) is 11.6. The van der Waals surface area contributed by atoms with E-state index in [1.807, 2.05) is 0 Å². The molecule has 2 aliphatic carbocycles. The Labute approximate surface area is 111 Å². The Morgan fingerprint density at radius 2 is 1.00 bits per heavy atom. The van der Waals surface area contributed by atoms with E-state index in [4.69, 9.17) is 11.5 Å². The predicted octanol–water partition coefficient (Wildman–Crippen LogP) is 2.16. The van der Waals surface area contributed by atoms with Crippen LogP contribution in [-0.2, 0) is 0 Å². The molecule has 18 heavy (non-hydrogen) atoms. The maximum absolute atomic E-state index is 10.4. The van der Waals surface area contributed by atoms with Gasteiger partial charge in [-0.2, -0.15) is 0 Å². The monoisotopic (exact) mass is 254 g/mol. The topological polar surface area (TPSA) is 72.3 Å². The first-order valence-corrected chi connectivity index (χ1v) is 7.89. The van der Waals surface area contributed by atoms with E-state index in [1.54, 1.807) is 0 Å². The van der Waals surface area contributed by atoms with Crippen LogP contribution < -0.4 is 11.5 Å². The minimum atomic E-state index is -0.504. The number of hydrogen-bond donors (Lipinski definition) is 3. The van der Waals surface area contributed by atoms with Crippen LogP contribution in [0, 0.1) is 11.8 Å². The van der Waals surface area contributed by atoms with Gasteiger partial charge in [-0.3, -0.25) is 0 Å². The van der Waals surface area contributed by atoms with E-state index in [1.165, 1.54) is 64.2 Å². The number of aliphatic hydroxyl groups excluding tert-OH is 1. The molecule has 0 saturated heterocycles. The van der Waals surface area contributed by atoms with Crippen molar-refractivity contribution >= 4 is 0 Å². The standard InChI is InChI=1S/C15H30N2O/c16-13(11-7-3-1-4-8-11)15(18)14(17)12-9-5-2-6-10-12/h11-15,18H,1-10,16-17H2. The summed E-state index contributed by atoms with van der Waals surface area (Å²) in [6.45, 7) is 0. The highest BCUT2D eigenvalue weighted by Crippen LogP contribution is 2.31. The Morgan fingerprint density at radius 1 is 0.667 bits per heavy atom. The minimum absolute atomic E-state index is 0.109. The van der Waals surface area contributed by atoms with Gasteiger partial charge in [0, 0.05) is 12.1 Å². The Balaban J connectivity index is 1.85. The predicted molar refractivity (Wildman–Crippen MR) is 75.1 cm³/mol. The van der Waals surface area contributed by atoms with Gasteiger partial charge in [0.15, 0.2) is 0 Å². The zero-order valence-electron chi connectivity index (χ0n) is 11.6. The van der Waals surface area contributed by atoms with Gasteiger partial charge in [-0.25, -0.2) is 0 Å². The first-order chi connectivity index (χ1) is 8.70. The highest BCUT2D eigenvalue weighted by atomic mass is 16.3. The molecule has 0 spiro atoms. The zero-order chi connectivity index (χ0) is 13.0. The fourth-order valence-corrected chi connectivity index (χ4v) is 3.85. The van der Waals surface area contributed by atoms with Crippen molar-refractivity contribution in [3.63, 3.8) is 0 Å². The summed E-state index contributed by atoms with van der Waals surface area (Å²) in [4.78, 5) is 0. The Kier molecular flexibility index (Phi) is 5.46. The van der Waals surface area contributed by atoms with Gasteiger partial charge in [-0.1, -0.05) is 38.5 Å². The van der Waals surface area contributed by atoms with Crippen molar-refractivity contribution in [1.82, 2.24) is 0 Å². The van der Waals surface area contributed by atoms with E-state index >= 15 is 0 Å². The summed E-state index contributed by atoms with van der Waals surface area (Å²) in [5.74, 6) is 0.979. The summed E-state index contributed by atoms with van der Waals surface area (Å²) < 4.78 is 0. The summed E-state index contributed by atoms with van der Waals surface area (Å²) in [7, 11) is 0. The largest absolute Gasteiger partial charge is 0.390 e. The van der Waals surface area contributed by atoms with Crippen molar-refractivity contribution < 1.29 is 5.11 Å². The average molecular weight is 254 g/mol. The number of hydrogen-bond acceptors (Lipinski definition) is 3. The van der Waals surface area contributed by atoms with Crippen LogP contribution in [0.25, 0.3) is 0 Å². The SMILES string of the molecule is NC(C1CCCCC1)C(O)C(N)C1CCCCC1. The van der Waals surface area contributed by atoms with Crippen molar-refractivity contribution in [3.05, 3.63) is 0 Å². The van der Waals surface area contributed by atoms with Gasteiger partial charge in [0.05, 0.1) is 6.10 Å². The second kappa shape index (κ2) is 6.88. The molecule has 0 bridgehead atoms. The van der Waals surface area contributed by atoms with Crippen LogP contribution in [0.3, 0.4) is 0 Å². The second-order valence-corrected chi connectivity index (χ2v) is 6.44. The van der Waals surface area contributed by atoms with Crippen LogP contribution in [0.1, 0.15) is 64.2 Å². The van der Waals surface area contributed by atoms with Crippen LogP contribution in [0.2, 0.25) is 0 Å². The molecule has 0 radical (unpaired) electrons. The molecule has 2 fully saturated rings. The summed E-state index contributed by atoms with van der Waals surface area (Å²) in [5, 5.41) is 10.4. The summed E-state index contributed by atoms with van der Waals surface area (Å²) >= 11 is 0. The molecule has 5 N–H and O–H groups in total. The van der Waals surface area contributed by atoms with E-state index in [0.717, 1.165) is 0 Å². The number of aliphatic hydroxyl groups is 1. The Bertz CT molecular complexity index is 211. The molecule has 2 unspecified atom stereocenters. The van der Waals surface area contributed by atoms with Crippen molar-refractivity contribution in [3.8, 4) is 0 Å². The lowest BCUT2D eigenvalue weighted by Crippen LogP contribution is -2.54. The molecule has 3 nitrogen and oxygen atoms in total. The fraction of sp³-hybridized carbons (Fsp3) is 1.00. The lowest BCUT2D eigenvalue weighted by Gasteiger charge is -2.37. The first-order valence-electron chi connectivity index (χ1n) is 7.89. The molecule has 0 aromatic heterocycles. The van der Waals surface area contributed by atoms with Crippen molar-refractivity contribution in [2.75, 3.05) is 0 Å². The molecular weight excluding hydrogens is 224 g/mol. The molecule has 3 heteroatoms. The number of nitrogens with two attached hydrogens (primary N) is 2. The lowest BCUT2D eigenvalue weighted by molar-refractivity contribution is 0.0546. The summed E-state index contributed by atoms with van der Waals surface area (Å²) in [6.07, 6.45) is 11.9. The quantitative estimate of drug-likeness (QED) is 0.720. The van der Waals surface area contributed by atoms with Crippen LogP contribution in [0.15, 0.2) is 0 Å². The molecule has 0 aliphatic heterocycles. The van der Waals surface area contributed by atoms with Gasteiger partial charge in [0.1, 0.15) is 0 Å². The van der Waals surface area contributed by atoms with Gasteiger partial charge >= 0.3 is 0 Å². The summed E-state index contributed by atoms with van der Waals surface area (Å²) in [5.41, 5.74) is 12.5. The minimum Gasteiger partial charge on any atom is -0.390 e. The van der Waals surface area contributed by atoms with Crippen LogP contribution in [0.5, 0.6) is 0 Å². The Morgan fingerprint density at radius 3 is 1.33 bits per heavy atom. The number of rotatable bonds is 4. The maximum atomic E-state index is 10.4. The third-order valence-electron chi connectivity index (χ3n) is 5.18. The molecule has 2 atom stereocenters. The van der Waals surface area contributed by atoms with E-state index < -0.39 is 6.10 Å². The molecule has 106 valence electrons. The smallest absolute Gasteiger partial charge is 0.0847 e. The molecular formula is C15H30N2O. The first kappa shape index (κ1) is 14.3. The van der Waals surface area contributed by atoms with Crippen molar-refractivity contribution in [2.24, 2.45) is 23.3 Å². The van der Waals surface area contributed by atoms with Crippen molar-refractivity contribution in [1.29, 1.82) is 0 Å². The molecule has 0 amide bonds.